The lowest BCUT2D eigenvalue weighted by Crippen LogP contribution is -1.90. The number of aromatic nitrogens is 2. The Bertz CT molecular complexity index is 501. The van der Waals surface area contributed by atoms with Gasteiger partial charge in [-0.25, -0.2) is 4.98 Å². The predicted molar refractivity (Wildman–Crippen MR) is 63.5 cm³/mol. The zero-order chi connectivity index (χ0) is 10.7. The van der Waals surface area contributed by atoms with E-state index in [1.165, 1.54) is 5.57 Å². The Morgan fingerprint density at radius 1 is 1.27 bits per heavy atom. The van der Waals surface area contributed by atoms with Crippen LogP contribution in [-0.2, 0) is 0 Å². The number of allylic oxidation sites excluding steroid dienone is 2. The Labute approximate surface area is 89.7 Å². The van der Waals surface area contributed by atoms with Crippen LogP contribution in [0.3, 0.4) is 0 Å². The lowest BCUT2D eigenvalue weighted by Gasteiger charge is -2.04. The van der Waals surface area contributed by atoms with Gasteiger partial charge in [-0.15, -0.1) is 0 Å². The Balaban J connectivity index is 2.56. The van der Waals surface area contributed by atoms with Crippen molar-refractivity contribution in [3.63, 3.8) is 0 Å². The summed E-state index contributed by atoms with van der Waals surface area (Å²) in [5, 5.41) is 0. The molecule has 0 saturated carbocycles. The summed E-state index contributed by atoms with van der Waals surface area (Å²) in [6.07, 6.45) is 4.92. The van der Waals surface area contributed by atoms with E-state index >= 15 is 0 Å². The van der Waals surface area contributed by atoms with Gasteiger partial charge in [-0.3, -0.25) is 4.98 Å². The first kappa shape index (κ1) is 9.84. The van der Waals surface area contributed by atoms with Gasteiger partial charge >= 0.3 is 0 Å². The molecule has 0 aliphatic carbocycles. The Morgan fingerprint density at radius 2 is 2.13 bits per heavy atom. The average Bonchev–Trinajstić information content (AvgIpc) is 2.30. The second kappa shape index (κ2) is 4.22. The van der Waals surface area contributed by atoms with Crippen molar-refractivity contribution in [1.29, 1.82) is 0 Å². The van der Waals surface area contributed by atoms with Crippen molar-refractivity contribution in [2.24, 2.45) is 0 Å². The highest BCUT2D eigenvalue weighted by Crippen LogP contribution is 2.18. The standard InChI is InChI=1S/C13H14N2/c1-3-10(4-2)11-7-8-12-13(15-11)6-5-9-14-12/h3,5-9H,4H2,1-2H3/b10-3+. The summed E-state index contributed by atoms with van der Waals surface area (Å²) in [6.45, 7) is 4.19. The fraction of sp³-hybridized carbons (Fsp3) is 0.231. The van der Waals surface area contributed by atoms with Crippen LogP contribution in [0.2, 0.25) is 0 Å². The van der Waals surface area contributed by atoms with Gasteiger partial charge in [0.1, 0.15) is 0 Å². The molecule has 0 N–H and O–H groups in total. The van der Waals surface area contributed by atoms with E-state index in [4.69, 9.17) is 0 Å². The highest BCUT2D eigenvalue weighted by Gasteiger charge is 2.01. The van der Waals surface area contributed by atoms with Crippen LogP contribution in [0.25, 0.3) is 16.6 Å². The highest BCUT2D eigenvalue weighted by atomic mass is 14.8. The van der Waals surface area contributed by atoms with Crippen molar-refractivity contribution in [3.05, 3.63) is 42.2 Å². The lowest BCUT2D eigenvalue weighted by atomic mass is 10.1. The van der Waals surface area contributed by atoms with Gasteiger partial charge in [0.2, 0.25) is 0 Å². The van der Waals surface area contributed by atoms with E-state index < -0.39 is 0 Å². The Kier molecular flexibility index (Phi) is 2.77. The zero-order valence-electron chi connectivity index (χ0n) is 9.07. The maximum absolute atomic E-state index is 4.59. The minimum atomic E-state index is 0.952. The maximum atomic E-state index is 4.59. The van der Waals surface area contributed by atoms with Crippen LogP contribution < -0.4 is 0 Å². The number of pyridine rings is 2. The highest BCUT2D eigenvalue weighted by molar-refractivity contribution is 5.77. The summed E-state index contributed by atoms with van der Waals surface area (Å²) in [5.74, 6) is 0. The van der Waals surface area contributed by atoms with Crippen molar-refractivity contribution < 1.29 is 0 Å². The Hall–Kier alpha value is -1.70. The van der Waals surface area contributed by atoms with Gasteiger partial charge < -0.3 is 0 Å². The van der Waals surface area contributed by atoms with Crippen LogP contribution in [0.15, 0.2) is 36.5 Å². The van der Waals surface area contributed by atoms with E-state index in [1.54, 1.807) is 6.20 Å². The fourth-order valence-electron chi connectivity index (χ4n) is 1.67. The van der Waals surface area contributed by atoms with Crippen molar-refractivity contribution in [2.75, 3.05) is 0 Å². The summed E-state index contributed by atoms with van der Waals surface area (Å²) >= 11 is 0. The molecule has 0 aromatic carbocycles. The summed E-state index contributed by atoms with van der Waals surface area (Å²) in [6, 6.07) is 7.97. The minimum absolute atomic E-state index is 0.952. The van der Waals surface area contributed by atoms with E-state index in [1.807, 2.05) is 31.2 Å². The van der Waals surface area contributed by atoms with Gasteiger partial charge in [-0.05, 0) is 43.2 Å². The number of fused-ring (bicyclic) bond motifs is 1. The van der Waals surface area contributed by atoms with Crippen LogP contribution in [0.4, 0.5) is 0 Å². The molecule has 2 heterocycles. The average molecular weight is 198 g/mol. The zero-order valence-corrected chi connectivity index (χ0v) is 9.07. The molecule has 2 aromatic heterocycles. The first-order valence-corrected chi connectivity index (χ1v) is 5.22. The van der Waals surface area contributed by atoms with Gasteiger partial charge in [0.05, 0.1) is 16.7 Å². The molecule has 0 aliphatic heterocycles. The molecule has 2 rings (SSSR count). The molecular formula is C13H14N2. The van der Waals surface area contributed by atoms with Crippen molar-refractivity contribution in [3.8, 4) is 0 Å². The lowest BCUT2D eigenvalue weighted by molar-refractivity contribution is 1.19. The first-order chi connectivity index (χ1) is 7.35. The van der Waals surface area contributed by atoms with Crippen LogP contribution in [-0.4, -0.2) is 9.97 Å². The van der Waals surface area contributed by atoms with Gasteiger partial charge in [-0.1, -0.05) is 13.0 Å². The van der Waals surface area contributed by atoms with Crippen LogP contribution in [0.1, 0.15) is 26.0 Å². The molecule has 0 fully saturated rings. The third kappa shape index (κ3) is 1.89. The van der Waals surface area contributed by atoms with E-state index in [-0.39, 0.29) is 0 Å². The van der Waals surface area contributed by atoms with Crippen molar-refractivity contribution in [1.82, 2.24) is 9.97 Å². The molecule has 0 saturated heterocycles. The molecule has 76 valence electrons. The largest absolute Gasteiger partial charge is 0.255 e. The fourth-order valence-corrected chi connectivity index (χ4v) is 1.67. The Morgan fingerprint density at radius 3 is 2.87 bits per heavy atom. The molecule has 0 spiro atoms. The quantitative estimate of drug-likeness (QED) is 0.738. The normalized spacial score (nSPS) is 12.0. The molecule has 0 atom stereocenters. The maximum Gasteiger partial charge on any atom is 0.0894 e. The summed E-state index contributed by atoms with van der Waals surface area (Å²) in [7, 11) is 0. The van der Waals surface area contributed by atoms with E-state index in [2.05, 4.69) is 23.0 Å². The topological polar surface area (TPSA) is 25.8 Å². The van der Waals surface area contributed by atoms with Gasteiger partial charge in [0.25, 0.3) is 0 Å². The SMILES string of the molecule is C/C=C(\CC)c1ccc2ncccc2n1. The number of nitrogens with zero attached hydrogens (tertiary/aromatic N) is 2. The molecule has 0 amide bonds. The first-order valence-electron chi connectivity index (χ1n) is 5.22. The monoisotopic (exact) mass is 198 g/mol. The minimum Gasteiger partial charge on any atom is -0.255 e. The molecule has 2 nitrogen and oxygen atoms in total. The van der Waals surface area contributed by atoms with Crippen LogP contribution in [0.5, 0.6) is 0 Å². The van der Waals surface area contributed by atoms with Crippen molar-refractivity contribution in [2.45, 2.75) is 20.3 Å². The van der Waals surface area contributed by atoms with E-state index in [9.17, 15) is 0 Å². The smallest absolute Gasteiger partial charge is 0.0894 e. The molecule has 0 aliphatic rings. The van der Waals surface area contributed by atoms with Crippen molar-refractivity contribution >= 4 is 16.6 Å². The third-order valence-corrected chi connectivity index (χ3v) is 2.51. The second-order valence-corrected chi connectivity index (χ2v) is 3.41. The van der Waals surface area contributed by atoms with Gasteiger partial charge in [0.15, 0.2) is 0 Å². The number of hydrogen-bond donors (Lipinski definition) is 0. The molecule has 0 unspecified atom stereocenters. The number of rotatable bonds is 2. The molecule has 2 aromatic rings. The summed E-state index contributed by atoms with van der Waals surface area (Å²) < 4.78 is 0. The van der Waals surface area contributed by atoms with Gasteiger partial charge in [0, 0.05) is 6.20 Å². The number of hydrogen-bond acceptors (Lipinski definition) is 2. The van der Waals surface area contributed by atoms with Crippen LogP contribution in [0, 0.1) is 0 Å². The van der Waals surface area contributed by atoms with E-state index in [0.717, 1.165) is 23.1 Å². The van der Waals surface area contributed by atoms with Crippen LogP contribution >= 0.6 is 0 Å². The third-order valence-electron chi connectivity index (χ3n) is 2.51. The molecule has 2 heteroatoms. The van der Waals surface area contributed by atoms with E-state index in [0.29, 0.717) is 0 Å². The molecule has 0 radical (unpaired) electrons. The summed E-state index contributed by atoms with van der Waals surface area (Å²) in [5.41, 5.74) is 4.25. The molecule has 0 bridgehead atoms. The predicted octanol–water partition coefficient (Wildman–Crippen LogP) is 3.44. The second-order valence-electron chi connectivity index (χ2n) is 3.41. The molecular weight excluding hydrogens is 184 g/mol. The molecule has 15 heavy (non-hydrogen) atoms. The van der Waals surface area contributed by atoms with Gasteiger partial charge in [-0.2, -0.15) is 0 Å². The summed E-state index contributed by atoms with van der Waals surface area (Å²) in [4.78, 5) is 8.84.